The van der Waals surface area contributed by atoms with Crippen molar-refractivity contribution >= 4 is 33.3 Å². The van der Waals surface area contributed by atoms with E-state index in [0.29, 0.717) is 10.6 Å². The molecular formula is C12H12BrClO. The number of ketones is 1. The zero-order chi connectivity index (χ0) is 11.1. The number of alkyl halides is 1. The van der Waals surface area contributed by atoms with Crippen LogP contribution in [0.5, 0.6) is 0 Å². The van der Waals surface area contributed by atoms with Crippen molar-refractivity contribution in [1.29, 1.82) is 0 Å². The minimum absolute atomic E-state index is 0.00655. The van der Waals surface area contributed by atoms with Crippen molar-refractivity contribution in [1.82, 2.24) is 0 Å². The maximum atomic E-state index is 11.6. The normalized spacial score (nSPS) is 10.8. The lowest BCUT2D eigenvalue weighted by Crippen LogP contribution is -1.93. The van der Waals surface area contributed by atoms with Gasteiger partial charge in [0.25, 0.3) is 0 Å². The highest BCUT2D eigenvalue weighted by Gasteiger charge is 2.00. The van der Waals surface area contributed by atoms with E-state index < -0.39 is 0 Å². The number of carbonyl (C=O) groups excluding carboxylic acids is 1. The van der Waals surface area contributed by atoms with Crippen LogP contribution >= 0.6 is 27.5 Å². The van der Waals surface area contributed by atoms with E-state index >= 15 is 0 Å². The molecule has 0 amide bonds. The minimum Gasteiger partial charge on any atom is -0.289 e. The van der Waals surface area contributed by atoms with E-state index in [-0.39, 0.29) is 5.78 Å². The van der Waals surface area contributed by atoms with Gasteiger partial charge in [-0.2, -0.15) is 0 Å². The molecule has 1 aromatic carbocycles. The first-order valence-corrected chi connectivity index (χ1v) is 6.26. The smallest absolute Gasteiger partial charge is 0.185 e. The highest BCUT2D eigenvalue weighted by atomic mass is 79.9. The molecule has 3 heteroatoms. The zero-order valence-electron chi connectivity index (χ0n) is 8.25. The van der Waals surface area contributed by atoms with Crippen molar-refractivity contribution in [3.63, 3.8) is 0 Å². The van der Waals surface area contributed by atoms with Crippen molar-refractivity contribution in [3.05, 3.63) is 47.0 Å². The van der Waals surface area contributed by atoms with E-state index in [1.165, 1.54) is 0 Å². The fourth-order valence-corrected chi connectivity index (χ4v) is 1.64. The van der Waals surface area contributed by atoms with Gasteiger partial charge >= 0.3 is 0 Å². The van der Waals surface area contributed by atoms with Gasteiger partial charge in [-0.15, -0.1) is 0 Å². The molecule has 0 heterocycles. The average molecular weight is 288 g/mol. The third kappa shape index (κ3) is 4.63. The SMILES string of the molecule is O=C(/C=C/CCCBr)c1cccc(Cl)c1. The number of hydrogen-bond acceptors (Lipinski definition) is 1. The average Bonchev–Trinajstić information content (AvgIpc) is 2.24. The van der Waals surface area contributed by atoms with Crippen LogP contribution in [-0.2, 0) is 0 Å². The standard InChI is InChI=1S/C12H12BrClO/c13-8-3-1-2-7-12(15)10-5-4-6-11(14)9-10/h2,4-7,9H,1,3,8H2/b7-2+. The number of unbranched alkanes of at least 4 members (excludes halogenated alkanes) is 1. The van der Waals surface area contributed by atoms with Crippen LogP contribution < -0.4 is 0 Å². The molecular weight excluding hydrogens is 275 g/mol. The monoisotopic (exact) mass is 286 g/mol. The summed E-state index contributed by atoms with van der Waals surface area (Å²) in [5.41, 5.74) is 0.637. The summed E-state index contributed by atoms with van der Waals surface area (Å²) in [7, 11) is 0. The summed E-state index contributed by atoms with van der Waals surface area (Å²) in [6.45, 7) is 0. The lowest BCUT2D eigenvalue weighted by Gasteiger charge is -1.95. The van der Waals surface area contributed by atoms with Crippen LogP contribution in [0.2, 0.25) is 5.02 Å². The van der Waals surface area contributed by atoms with Gasteiger partial charge in [-0.1, -0.05) is 45.7 Å². The Hall–Kier alpha value is -0.600. The predicted octanol–water partition coefficient (Wildman–Crippen LogP) is 4.25. The van der Waals surface area contributed by atoms with Crippen LogP contribution in [0, 0.1) is 0 Å². The summed E-state index contributed by atoms with van der Waals surface area (Å²) in [6, 6.07) is 6.98. The number of hydrogen-bond donors (Lipinski definition) is 0. The summed E-state index contributed by atoms with van der Waals surface area (Å²) >= 11 is 9.12. The van der Waals surface area contributed by atoms with E-state index in [1.54, 1.807) is 30.3 Å². The van der Waals surface area contributed by atoms with Crippen LogP contribution in [0.15, 0.2) is 36.4 Å². The van der Waals surface area contributed by atoms with Gasteiger partial charge in [-0.3, -0.25) is 4.79 Å². The van der Waals surface area contributed by atoms with Crippen molar-refractivity contribution in [3.8, 4) is 0 Å². The maximum Gasteiger partial charge on any atom is 0.185 e. The Morgan fingerprint density at radius 3 is 2.93 bits per heavy atom. The molecule has 0 aliphatic heterocycles. The Morgan fingerprint density at radius 2 is 2.27 bits per heavy atom. The topological polar surface area (TPSA) is 17.1 Å². The third-order valence-electron chi connectivity index (χ3n) is 1.88. The number of halogens is 2. The Labute approximate surface area is 103 Å². The Bertz CT molecular complexity index is 360. The van der Waals surface area contributed by atoms with Crippen LogP contribution in [0.4, 0.5) is 0 Å². The Balaban J connectivity index is 2.57. The van der Waals surface area contributed by atoms with Gasteiger partial charge in [0.2, 0.25) is 0 Å². The molecule has 80 valence electrons. The summed E-state index contributed by atoms with van der Waals surface area (Å²) in [6.07, 6.45) is 5.45. The lowest BCUT2D eigenvalue weighted by atomic mass is 10.1. The molecule has 0 spiro atoms. The van der Waals surface area contributed by atoms with Gasteiger partial charge in [-0.25, -0.2) is 0 Å². The molecule has 1 aromatic rings. The Kier molecular flexibility index (Phi) is 5.66. The van der Waals surface area contributed by atoms with E-state index in [2.05, 4.69) is 15.9 Å². The van der Waals surface area contributed by atoms with Crippen molar-refractivity contribution in [2.75, 3.05) is 5.33 Å². The summed E-state index contributed by atoms with van der Waals surface area (Å²) in [5, 5.41) is 1.55. The summed E-state index contributed by atoms with van der Waals surface area (Å²) in [5.74, 6) is 0.00655. The van der Waals surface area contributed by atoms with Gasteiger partial charge in [0.15, 0.2) is 5.78 Å². The number of allylic oxidation sites excluding steroid dienone is 2. The molecule has 0 atom stereocenters. The molecule has 0 bridgehead atoms. The van der Waals surface area contributed by atoms with Gasteiger partial charge < -0.3 is 0 Å². The molecule has 0 aromatic heterocycles. The summed E-state index contributed by atoms with van der Waals surface area (Å²) in [4.78, 5) is 11.6. The van der Waals surface area contributed by atoms with Crippen LogP contribution in [0.3, 0.4) is 0 Å². The third-order valence-corrected chi connectivity index (χ3v) is 2.68. The van der Waals surface area contributed by atoms with E-state index in [4.69, 9.17) is 11.6 Å². The molecule has 0 aliphatic rings. The molecule has 0 fully saturated rings. The lowest BCUT2D eigenvalue weighted by molar-refractivity contribution is 0.104. The van der Waals surface area contributed by atoms with Gasteiger partial charge in [-0.05, 0) is 31.1 Å². The maximum absolute atomic E-state index is 11.6. The van der Waals surface area contributed by atoms with Gasteiger partial charge in [0.1, 0.15) is 0 Å². The van der Waals surface area contributed by atoms with E-state index in [0.717, 1.165) is 18.2 Å². The predicted molar refractivity (Wildman–Crippen MR) is 68.0 cm³/mol. The van der Waals surface area contributed by atoms with Gasteiger partial charge in [0.05, 0.1) is 0 Å². The molecule has 0 radical (unpaired) electrons. The minimum atomic E-state index is 0.00655. The van der Waals surface area contributed by atoms with Crippen LogP contribution in [-0.4, -0.2) is 11.1 Å². The van der Waals surface area contributed by atoms with Crippen molar-refractivity contribution in [2.24, 2.45) is 0 Å². The number of carbonyl (C=O) groups is 1. The number of rotatable bonds is 5. The highest BCUT2D eigenvalue weighted by Crippen LogP contribution is 2.11. The Morgan fingerprint density at radius 1 is 1.47 bits per heavy atom. The second-order valence-electron chi connectivity index (χ2n) is 3.11. The first kappa shape index (κ1) is 12.5. The van der Waals surface area contributed by atoms with Crippen molar-refractivity contribution in [2.45, 2.75) is 12.8 Å². The van der Waals surface area contributed by atoms with Crippen LogP contribution in [0.1, 0.15) is 23.2 Å². The largest absolute Gasteiger partial charge is 0.289 e. The molecule has 0 saturated heterocycles. The molecule has 0 saturated carbocycles. The second-order valence-corrected chi connectivity index (χ2v) is 4.34. The quantitative estimate of drug-likeness (QED) is 0.342. The van der Waals surface area contributed by atoms with Crippen LogP contribution in [0.25, 0.3) is 0 Å². The molecule has 1 rings (SSSR count). The van der Waals surface area contributed by atoms with Gasteiger partial charge in [0, 0.05) is 15.9 Å². The molecule has 1 nitrogen and oxygen atoms in total. The first-order chi connectivity index (χ1) is 7.24. The zero-order valence-corrected chi connectivity index (χ0v) is 10.6. The molecule has 0 N–H and O–H groups in total. The molecule has 0 aliphatic carbocycles. The highest BCUT2D eigenvalue weighted by molar-refractivity contribution is 9.09. The van der Waals surface area contributed by atoms with E-state index in [9.17, 15) is 4.79 Å². The first-order valence-electron chi connectivity index (χ1n) is 4.76. The molecule has 15 heavy (non-hydrogen) atoms. The summed E-state index contributed by atoms with van der Waals surface area (Å²) < 4.78 is 0. The van der Waals surface area contributed by atoms with Crippen molar-refractivity contribution < 1.29 is 4.79 Å². The fraction of sp³-hybridized carbons (Fsp3) is 0.250. The second kappa shape index (κ2) is 6.81. The van der Waals surface area contributed by atoms with E-state index in [1.807, 2.05) is 6.08 Å². The fourth-order valence-electron chi connectivity index (χ4n) is 1.12. The molecule has 0 unspecified atom stereocenters. The number of benzene rings is 1.